The van der Waals surface area contributed by atoms with Gasteiger partial charge in [0.05, 0.1) is 17.6 Å². The Kier molecular flexibility index (Phi) is 4.53. The quantitative estimate of drug-likeness (QED) is 0.801. The Bertz CT molecular complexity index is 801. The molecule has 7 heteroatoms. The lowest BCUT2D eigenvalue weighted by molar-refractivity contribution is 0.0996. The second-order valence-electron chi connectivity index (χ2n) is 4.57. The number of carbonyl (C=O) groups is 1. The number of carbonyl (C=O) groups excluding carboxylic acids is 1. The van der Waals surface area contributed by atoms with Gasteiger partial charge in [-0.05, 0) is 24.3 Å². The predicted molar refractivity (Wildman–Crippen MR) is 85.4 cm³/mol. The molecule has 3 aromatic rings. The molecule has 0 fully saturated rings. The van der Waals surface area contributed by atoms with Crippen molar-refractivity contribution < 1.29 is 4.79 Å². The minimum atomic E-state index is -0.582. The molecular weight excluding hydrogens is 302 g/mol. The van der Waals surface area contributed by atoms with Gasteiger partial charge < -0.3 is 5.73 Å². The number of hydrogen-bond donors (Lipinski definition) is 1. The van der Waals surface area contributed by atoms with E-state index in [9.17, 15) is 4.79 Å². The minimum absolute atomic E-state index is 0. The third-order valence-corrected chi connectivity index (χ3v) is 3.07. The summed E-state index contributed by atoms with van der Waals surface area (Å²) in [5.41, 5.74) is 8.42. The maximum Gasteiger partial charge on any atom is 0.268 e. The van der Waals surface area contributed by atoms with Crippen molar-refractivity contribution in [1.29, 1.82) is 0 Å². The van der Waals surface area contributed by atoms with Crippen LogP contribution in [0.1, 0.15) is 10.5 Å². The molecule has 3 rings (SSSR count). The number of rotatable bonds is 3. The highest BCUT2D eigenvalue weighted by Crippen LogP contribution is 2.24. The summed E-state index contributed by atoms with van der Waals surface area (Å²) in [6, 6.07) is 9.10. The zero-order valence-electron chi connectivity index (χ0n) is 11.8. The van der Waals surface area contributed by atoms with Gasteiger partial charge in [0, 0.05) is 30.6 Å². The highest BCUT2D eigenvalue weighted by atomic mass is 35.5. The van der Waals surface area contributed by atoms with Crippen molar-refractivity contribution >= 4 is 18.3 Å². The third-order valence-electron chi connectivity index (χ3n) is 3.07. The van der Waals surface area contributed by atoms with Crippen molar-refractivity contribution in [3.63, 3.8) is 0 Å². The summed E-state index contributed by atoms with van der Waals surface area (Å²) in [5, 5.41) is 4.10. The van der Waals surface area contributed by atoms with E-state index in [2.05, 4.69) is 15.1 Å². The van der Waals surface area contributed by atoms with Crippen LogP contribution in [-0.2, 0) is 7.05 Å². The van der Waals surface area contributed by atoms with E-state index in [4.69, 9.17) is 5.73 Å². The second kappa shape index (κ2) is 6.36. The molecule has 0 radical (unpaired) electrons. The molecule has 0 atom stereocenters. The Labute approximate surface area is 133 Å². The normalized spacial score (nSPS) is 10.0. The number of aromatic nitrogens is 4. The van der Waals surface area contributed by atoms with Crippen LogP contribution < -0.4 is 5.73 Å². The van der Waals surface area contributed by atoms with E-state index in [0.29, 0.717) is 17.0 Å². The second-order valence-corrected chi connectivity index (χ2v) is 4.57. The van der Waals surface area contributed by atoms with E-state index in [1.165, 1.54) is 0 Å². The van der Waals surface area contributed by atoms with Crippen LogP contribution in [-0.4, -0.2) is 25.7 Å². The largest absolute Gasteiger partial charge is 0.364 e. The van der Waals surface area contributed by atoms with E-state index < -0.39 is 5.91 Å². The van der Waals surface area contributed by atoms with Gasteiger partial charge >= 0.3 is 0 Å². The van der Waals surface area contributed by atoms with E-state index >= 15 is 0 Å². The fourth-order valence-corrected chi connectivity index (χ4v) is 2.09. The zero-order chi connectivity index (χ0) is 14.8. The van der Waals surface area contributed by atoms with Crippen LogP contribution in [0.4, 0.5) is 0 Å². The lowest BCUT2D eigenvalue weighted by Crippen LogP contribution is -2.15. The van der Waals surface area contributed by atoms with Crippen molar-refractivity contribution in [2.24, 2.45) is 12.8 Å². The van der Waals surface area contributed by atoms with E-state index in [-0.39, 0.29) is 18.1 Å². The first-order chi connectivity index (χ1) is 10.1. The molecule has 22 heavy (non-hydrogen) atoms. The molecule has 3 heterocycles. The molecule has 0 unspecified atom stereocenters. The third kappa shape index (κ3) is 2.96. The average molecular weight is 316 g/mol. The van der Waals surface area contributed by atoms with E-state index in [1.54, 1.807) is 23.1 Å². The summed E-state index contributed by atoms with van der Waals surface area (Å²) < 4.78 is 1.67. The van der Waals surface area contributed by atoms with Gasteiger partial charge in [0.2, 0.25) is 0 Å². The Morgan fingerprint density at radius 2 is 2.00 bits per heavy atom. The molecule has 0 saturated carbocycles. The van der Waals surface area contributed by atoms with E-state index in [0.717, 1.165) is 5.56 Å². The van der Waals surface area contributed by atoms with Gasteiger partial charge in [0.15, 0.2) is 0 Å². The van der Waals surface area contributed by atoms with Gasteiger partial charge in [0.1, 0.15) is 5.69 Å². The first-order valence-corrected chi connectivity index (χ1v) is 6.36. The molecule has 0 aliphatic carbocycles. The van der Waals surface area contributed by atoms with Gasteiger partial charge in [-0.1, -0.05) is 6.07 Å². The Morgan fingerprint density at radius 1 is 1.18 bits per heavy atom. The van der Waals surface area contributed by atoms with Crippen molar-refractivity contribution in [3.8, 4) is 22.5 Å². The number of amides is 1. The molecule has 6 nitrogen and oxygen atoms in total. The van der Waals surface area contributed by atoms with Crippen LogP contribution in [0.25, 0.3) is 22.5 Å². The monoisotopic (exact) mass is 315 g/mol. The van der Waals surface area contributed by atoms with Crippen LogP contribution >= 0.6 is 12.4 Å². The zero-order valence-corrected chi connectivity index (χ0v) is 12.6. The number of hydrogen-bond acceptors (Lipinski definition) is 4. The van der Waals surface area contributed by atoms with Gasteiger partial charge in [-0.3, -0.25) is 14.5 Å². The first-order valence-electron chi connectivity index (χ1n) is 6.36. The smallest absolute Gasteiger partial charge is 0.268 e. The molecular formula is C15H14ClN5O. The predicted octanol–water partition coefficient (Wildman–Crippen LogP) is 2.06. The molecule has 0 aromatic carbocycles. The molecule has 0 aliphatic heterocycles. The minimum Gasteiger partial charge on any atom is -0.364 e. The maximum absolute atomic E-state index is 11.7. The number of aryl methyl sites for hydroxylation is 1. The molecule has 112 valence electrons. The molecule has 2 N–H and O–H groups in total. The summed E-state index contributed by atoms with van der Waals surface area (Å²) in [6.07, 6.45) is 5.18. The highest BCUT2D eigenvalue weighted by molar-refractivity contribution is 5.98. The number of halogens is 1. The molecule has 3 aromatic heterocycles. The van der Waals surface area contributed by atoms with Crippen molar-refractivity contribution in [3.05, 3.63) is 54.6 Å². The summed E-state index contributed by atoms with van der Waals surface area (Å²) in [4.78, 5) is 20.3. The van der Waals surface area contributed by atoms with Crippen molar-refractivity contribution in [2.75, 3.05) is 0 Å². The lowest BCUT2D eigenvalue weighted by atomic mass is 10.1. The van der Waals surface area contributed by atoms with Crippen LogP contribution in [0, 0.1) is 0 Å². The average Bonchev–Trinajstić information content (AvgIpc) is 2.94. The fourth-order valence-electron chi connectivity index (χ4n) is 2.09. The number of pyridine rings is 2. The van der Waals surface area contributed by atoms with E-state index in [1.807, 2.05) is 37.5 Å². The molecule has 0 saturated heterocycles. The van der Waals surface area contributed by atoms with Gasteiger partial charge in [-0.25, -0.2) is 4.98 Å². The summed E-state index contributed by atoms with van der Waals surface area (Å²) in [6.45, 7) is 0. The molecule has 0 spiro atoms. The van der Waals surface area contributed by atoms with Gasteiger partial charge in [-0.15, -0.1) is 12.4 Å². The molecule has 0 bridgehead atoms. The maximum atomic E-state index is 11.7. The number of nitrogens with two attached hydrogens (primary N) is 1. The standard InChI is InChI=1S/C15H13N5O.ClH/c1-20-9-10(8-18-20)12-6-5-11(14(19-12)15(16)21)13-4-2-3-7-17-13;/h2-9H,1H3,(H2,16,21);1H. The fraction of sp³-hybridized carbons (Fsp3) is 0.0667. The van der Waals surface area contributed by atoms with Crippen LogP contribution in [0.5, 0.6) is 0 Å². The Morgan fingerprint density at radius 3 is 2.59 bits per heavy atom. The summed E-state index contributed by atoms with van der Waals surface area (Å²) in [7, 11) is 1.82. The lowest BCUT2D eigenvalue weighted by Gasteiger charge is -2.07. The topological polar surface area (TPSA) is 86.7 Å². The van der Waals surface area contributed by atoms with Crippen LogP contribution in [0.2, 0.25) is 0 Å². The summed E-state index contributed by atoms with van der Waals surface area (Å²) in [5.74, 6) is -0.582. The Hall–Kier alpha value is -2.73. The first kappa shape index (κ1) is 15.7. The van der Waals surface area contributed by atoms with Crippen LogP contribution in [0.15, 0.2) is 48.9 Å². The summed E-state index contributed by atoms with van der Waals surface area (Å²) >= 11 is 0. The van der Waals surface area contributed by atoms with Gasteiger partial charge in [0.25, 0.3) is 5.91 Å². The van der Waals surface area contributed by atoms with Crippen molar-refractivity contribution in [1.82, 2.24) is 19.7 Å². The highest BCUT2D eigenvalue weighted by Gasteiger charge is 2.15. The van der Waals surface area contributed by atoms with Crippen molar-refractivity contribution in [2.45, 2.75) is 0 Å². The van der Waals surface area contributed by atoms with Crippen LogP contribution in [0.3, 0.4) is 0 Å². The van der Waals surface area contributed by atoms with Gasteiger partial charge in [-0.2, -0.15) is 5.10 Å². The molecule has 1 amide bonds. The number of nitrogens with zero attached hydrogens (tertiary/aromatic N) is 4. The molecule has 0 aliphatic rings. The Balaban J connectivity index is 0.00000176. The SMILES string of the molecule is Cl.Cn1cc(-c2ccc(-c3ccccn3)c(C(N)=O)n2)cn1. The number of primary amides is 1.